The molecular weight excluding hydrogens is 703 g/mol. The number of carbonyl (C=O) groups is 1. The minimum atomic E-state index is -1.94. The molecule has 0 aliphatic heterocycles. The summed E-state index contributed by atoms with van der Waals surface area (Å²) in [5, 5.41) is 3.42. The lowest BCUT2D eigenvalue weighted by atomic mass is 10.0. The summed E-state index contributed by atoms with van der Waals surface area (Å²) in [6.45, 7) is 24.9. The summed E-state index contributed by atoms with van der Waals surface area (Å²) in [6, 6.07) is -0.252. The number of hydrogen-bond donors (Lipinski definition) is 1. The van der Waals surface area contributed by atoms with Crippen molar-refractivity contribution < 1.29 is 18.1 Å². The molecule has 0 aromatic heterocycles. The number of amides is 1. The second-order valence-corrected chi connectivity index (χ2v) is 31.8. The highest BCUT2D eigenvalue weighted by atomic mass is 28.4. The van der Waals surface area contributed by atoms with E-state index in [1.807, 2.05) is 0 Å². The third-order valence-electron chi connectivity index (χ3n) is 9.17. The fraction of sp³-hybridized carbons (Fsp3) is 0.844. The van der Waals surface area contributed by atoms with Crippen LogP contribution in [0, 0.1) is 0 Å². The third kappa shape index (κ3) is 36.6. The summed E-state index contributed by atoms with van der Waals surface area (Å²) in [5.74, 6) is -0.00221. The van der Waals surface area contributed by atoms with Crippen LogP contribution in [-0.2, 0) is 18.1 Å². The van der Waals surface area contributed by atoms with Gasteiger partial charge in [-0.15, -0.1) is 0 Å². The van der Waals surface area contributed by atoms with Crippen LogP contribution in [0.1, 0.15) is 162 Å². The van der Waals surface area contributed by atoms with E-state index < -0.39 is 31.1 Å². The number of allylic oxidation sites excluding steroid dienone is 5. The van der Waals surface area contributed by atoms with Gasteiger partial charge in [-0.1, -0.05) is 153 Å². The van der Waals surface area contributed by atoms with Gasteiger partial charge in [-0.2, -0.15) is 0 Å². The smallest absolute Gasteiger partial charge is 0.248 e. The van der Waals surface area contributed by atoms with E-state index in [-0.39, 0.29) is 18.1 Å². The van der Waals surface area contributed by atoms with Crippen LogP contribution in [0.15, 0.2) is 36.5 Å². The van der Waals surface area contributed by atoms with Crippen molar-refractivity contribution in [3.05, 3.63) is 36.5 Å². The fourth-order valence-electron chi connectivity index (χ4n) is 6.28. The zero-order valence-electron chi connectivity index (χ0n) is 37.3. The molecular formula is C45H91NO4Si3. The van der Waals surface area contributed by atoms with Crippen LogP contribution in [0.5, 0.6) is 0 Å². The monoisotopic (exact) mass is 794 g/mol. The Bertz CT molecular complexity index is 949. The van der Waals surface area contributed by atoms with Crippen molar-refractivity contribution in [1.29, 1.82) is 0 Å². The standard InChI is InChI=1S/C45H91NO4Si3/c1-12-14-16-18-20-22-24-26-28-29-31-33-35-37-39-43(49-52(6,7)8)42(41-48-51(3,4)5)46-45(47)44(50-53(9,10)11)40-38-36-34-32-30-27-25-23-21-19-17-15-13-2/h18,20,24,26,37,39,42-44H,12-17,19,21-23,25,27-36,38,40-41H2,1-11H3,(H,46,47)/b20-18+,26-24+,39-37+. The molecule has 0 fully saturated rings. The minimum Gasteiger partial charge on any atom is -0.415 e. The minimum absolute atomic E-state index is 0.00221. The molecule has 0 bridgehead atoms. The molecule has 8 heteroatoms. The predicted octanol–water partition coefficient (Wildman–Crippen LogP) is 14.4. The second-order valence-electron chi connectivity index (χ2n) is 18.4. The highest BCUT2D eigenvalue weighted by molar-refractivity contribution is 6.70. The molecule has 3 unspecified atom stereocenters. The molecule has 0 saturated carbocycles. The molecule has 1 amide bonds. The van der Waals surface area contributed by atoms with Crippen LogP contribution >= 0.6 is 0 Å². The lowest BCUT2D eigenvalue weighted by Crippen LogP contribution is -2.54. The lowest BCUT2D eigenvalue weighted by Gasteiger charge is -2.34. The van der Waals surface area contributed by atoms with Crippen molar-refractivity contribution in [2.24, 2.45) is 0 Å². The number of rotatable bonds is 36. The van der Waals surface area contributed by atoms with Gasteiger partial charge in [0.05, 0.1) is 18.8 Å². The molecule has 1 N–H and O–H groups in total. The number of unbranched alkanes of at least 4 members (excludes halogenated alkanes) is 18. The molecule has 0 rings (SSSR count). The highest BCUT2D eigenvalue weighted by Gasteiger charge is 2.33. The average Bonchev–Trinajstić information content (AvgIpc) is 3.06. The fourth-order valence-corrected chi connectivity index (χ4v) is 9.09. The first-order valence-corrected chi connectivity index (χ1v) is 32.6. The molecule has 0 aromatic rings. The van der Waals surface area contributed by atoms with Crippen molar-refractivity contribution in [1.82, 2.24) is 5.32 Å². The van der Waals surface area contributed by atoms with Gasteiger partial charge in [0.1, 0.15) is 6.10 Å². The molecule has 312 valence electrons. The summed E-state index contributed by atoms with van der Waals surface area (Å²) < 4.78 is 19.8. The van der Waals surface area contributed by atoms with Crippen LogP contribution in [-0.4, -0.2) is 55.7 Å². The van der Waals surface area contributed by atoms with Gasteiger partial charge >= 0.3 is 0 Å². The van der Waals surface area contributed by atoms with Crippen LogP contribution < -0.4 is 5.32 Å². The van der Waals surface area contributed by atoms with E-state index in [4.69, 9.17) is 13.3 Å². The highest BCUT2D eigenvalue weighted by Crippen LogP contribution is 2.20. The van der Waals surface area contributed by atoms with Crippen molar-refractivity contribution in [3.8, 4) is 0 Å². The quantitative estimate of drug-likeness (QED) is 0.0390. The zero-order valence-corrected chi connectivity index (χ0v) is 40.3. The van der Waals surface area contributed by atoms with Gasteiger partial charge < -0.3 is 18.6 Å². The van der Waals surface area contributed by atoms with Gasteiger partial charge in [-0.05, 0) is 104 Å². The van der Waals surface area contributed by atoms with E-state index in [0.717, 1.165) is 44.9 Å². The average molecular weight is 794 g/mol. The summed E-state index contributed by atoms with van der Waals surface area (Å²) in [7, 11) is -5.67. The van der Waals surface area contributed by atoms with E-state index in [2.05, 4.69) is 115 Å². The van der Waals surface area contributed by atoms with E-state index in [9.17, 15) is 4.79 Å². The lowest BCUT2D eigenvalue weighted by molar-refractivity contribution is -0.130. The van der Waals surface area contributed by atoms with Gasteiger partial charge in [0.15, 0.2) is 25.0 Å². The number of carbonyl (C=O) groups excluding carboxylic acids is 1. The van der Waals surface area contributed by atoms with Gasteiger partial charge in [0.25, 0.3) is 0 Å². The Hall–Kier alpha value is -0.779. The molecule has 0 aromatic carbocycles. The normalized spacial score (nSPS) is 14.8. The number of nitrogens with one attached hydrogen (secondary N) is 1. The molecule has 0 spiro atoms. The molecule has 3 atom stereocenters. The van der Waals surface area contributed by atoms with Crippen molar-refractivity contribution in [2.75, 3.05) is 6.61 Å². The first-order valence-electron chi connectivity index (χ1n) is 22.3. The van der Waals surface area contributed by atoms with E-state index in [1.165, 1.54) is 103 Å². The van der Waals surface area contributed by atoms with E-state index >= 15 is 0 Å². The van der Waals surface area contributed by atoms with Gasteiger partial charge in [-0.25, -0.2) is 0 Å². The molecule has 53 heavy (non-hydrogen) atoms. The van der Waals surface area contributed by atoms with Crippen molar-refractivity contribution >= 4 is 30.9 Å². The van der Waals surface area contributed by atoms with Crippen LogP contribution in [0.2, 0.25) is 58.9 Å². The maximum atomic E-state index is 14.0. The topological polar surface area (TPSA) is 56.8 Å². The van der Waals surface area contributed by atoms with Gasteiger partial charge in [0, 0.05) is 0 Å². The SMILES string of the molecule is CCCC/C=C/C/C=C/CCCCC/C=C/C(O[Si](C)(C)C)C(CO[Si](C)(C)C)NC(=O)C(CCCCCCCCCCCCCCC)O[Si](C)(C)C. The summed E-state index contributed by atoms with van der Waals surface area (Å²) in [6.07, 6.45) is 41.6. The Morgan fingerprint density at radius 3 is 1.47 bits per heavy atom. The Balaban J connectivity index is 5.20. The second kappa shape index (κ2) is 32.3. The number of hydrogen-bond acceptors (Lipinski definition) is 4. The maximum absolute atomic E-state index is 14.0. The van der Waals surface area contributed by atoms with Crippen LogP contribution in [0.4, 0.5) is 0 Å². The molecule has 0 saturated heterocycles. The summed E-state index contributed by atoms with van der Waals surface area (Å²) >= 11 is 0. The Kier molecular flexibility index (Phi) is 31.8. The maximum Gasteiger partial charge on any atom is 0.248 e. The Labute approximate surface area is 334 Å². The first-order chi connectivity index (χ1) is 25.1. The zero-order chi connectivity index (χ0) is 39.9. The van der Waals surface area contributed by atoms with E-state index in [1.54, 1.807) is 0 Å². The summed E-state index contributed by atoms with van der Waals surface area (Å²) in [4.78, 5) is 14.0. The van der Waals surface area contributed by atoms with Crippen LogP contribution in [0.25, 0.3) is 0 Å². The molecule has 0 radical (unpaired) electrons. The first kappa shape index (κ1) is 52.2. The molecule has 5 nitrogen and oxygen atoms in total. The Morgan fingerprint density at radius 2 is 0.981 bits per heavy atom. The third-order valence-corrected chi connectivity index (χ3v) is 12.2. The molecule has 0 heterocycles. The van der Waals surface area contributed by atoms with Crippen LogP contribution in [0.3, 0.4) is 0 Å². The van der Waals surface area contributed by atoms with E-state index in [0.29, 0.717) is 6.61 Å². The summed E-state index contributed by atoms with van der Waals surface area (Å²) in [5.41, 5.74) is 0. The Morgan fingerprint density at radius 1 is 0.528 bits per heavy atom. The van der Waals surface area contributed by atoms with Crippen molar-refractivity contribution in [2.45, 2.75) is 239 Å². The molecule has 0 aliphatic carbocycles. The predicted molar refractivity (Wildman–Crippen MR) is 243 cm³/mol. The molecule has 0 aliphatic rings. The van der Waals surface area contributed by atoms with Gasteiger partial charge in [-0.3, -0.25) is 4.79 Å². The largest absolute Gasteiger partial charge is 0.415 e. The van der Waals surface area contributed by atoms with Crippen molar-refractivity contribution in [3.63, 3.8) is 0 Å². The van der Waals surface area contributed by atoms with Gasteiger partial charge in [0.2, 0.25) is 5.91 Å².